The van der Waals surface area contributed by atoms with Crippen molar-refractivity contribution in [2.75, 3.05) is 0 Å². The maximum absolute atomic E-state index is 10.4. The lowest BCUT2D eigenvalue weighted by molar-refractivity contribution is -0.0226. The molecule has 5 atom stereocenters. The van der Waals surface area contributed by atoms with Gasteiger partial charge in [-0.25, -0.2) is 0 Å². The average molecular weight is 334 g/mol. The molecule has 5 N–H and O–H groups in total. The summed E-state index contributed by atoms with van der Waals surface area (Å²) in [5.41, 5.74) is 2.99. The van der Waals surface area contributed by atoms with E-state index in [1.165, 1.54) is 30.4 Å². The van der Waals surface area contributed by atoms with E-state index in [1.54, 1.807) is 0 Å². The second-order valence-corrected chi connectivity index (χ2v) is 7.78. The molecule has 3 aliphatic carbocycles. The molecule has 2 fully saturated rings. The third kappa shape index (κ3) is 3.08. The maximum atomic E-state index is 10.4. The Morgan fingerprint density at radius 1 is 1.08 bits per heavy atom. The third-order valence-corrected chi connectivity index (χ3v) is 6.66. The Bertz CT molecular complexity index is 590. The summed E-state index contributed by atoms with van der Waals surface area (Å²) in [5.74, 6) is 2.49. The first-order valence-corrected chi connectivity index (χ1v) is 8.87. The van der Waals surface area contributed by atoms with Gasteiger partial charge < -0.3 is 25.3 Å². The van der Waals surface area contributed by atoms with Gasteiger partial charge in [-0.3, -0.25) is 0 Å². The Hall–Kier alpha value is -1.08. The Kier molecular flexibility index (Phi) is 4.93. The summed E-state index contributed by atoms with van der Waals surface area (Å²) in [7, 11) is -2.17. The van der Waals surface area contributed by atoms with Crippen molar-refractivity contribution < 1.29 is 25.3 Å². The van der Waals surface area contributed by atoms with E-state index in [2.05, 4.69) is 13.0 Å². The zero-order chi connectivity index (χ0) is 17.5. The summed E-state index contributed by atoms with van der Waals surface area (Å²) >= 11 is 0. The summed E-state index contributed by atoms with van der Waals surface area (Å²) < 4.78 is 0. The first-order chi connectivity index (χ1) is 11.3. The van der Waals surface area contributed by atoms with Crippen molar-refractivity contribution in [2.45, 2.75) is 57.5 Å². The number of aliphatic hydroxyl groups excluding tert-OH is 1. The van der Waals surface area contributed by atoms with Crippen LogP contribution in [0.25, 0.3) is 0 Å². The Morgan fingerprint density at radius 2 is 1.79 bits per heavy atom. The molecule has 0 aliphatic heterocycles. The van der Waals surface area contributed by atoms with Crippen molar-refractivity contribution in [3.63, 3.8) is 0 Å². The maximum Gasteiger partial charge on any atom is 0.631 e. The van der Waals surface area contributed by atoms with Gasteiger partial charge in [0, 0.05) is 0 Å². The van der Waals surface area contributed by atoms with Crippen LogP contribution >= 0.6 is 0 Å². The number of benzene rings is 1. The fraction of sp³-hybridized carbons (Fsp3) is 0.667. The van der Waals surface area contributed by atoms with Gasteiger partial charge in [-0.2, -0.15) is 0 Å². The number of hydrogen-bond acceptors (Lipinski definition) is 5. The van der Waals surface area contributed by atoms with Gasteiger partial charge in [-0.1, -0.05) is 13.0 Å². The van der Waals surface area contributed by atoms with E-state index in [0.717, 1.165) is 25.2 Å². The van der Waals surface area contributed by atoms with E-state index >= 15 is 0 Å². The van der Waals surface area contributed by atoms with E-state index in [4.69, 9.17) is 15.1 Å². The number of phenols is 1. The number of aromatic hydroxyl groups is 1. The van der Waals surface area contributed by atoms with Crippen molar-refractivity contribution in [1.29, 1.82) is 0 Å². The van der Waals surface area contributed by atoms with Gasteiger partial charge in [-0.15, -0.1) is 0 Å². The van der Waals surface area contributed by atoms with Crippen LogP contribution in [-0.2, 0) is 6.42 Å². The molecule has 4 rings (SSSR count). The lowest BCUT2D eigenvalue weighted by atomic mass is 9.55. The lowest BCUT2D eigenvalue weighted by Crippen LogP contribution is -2.43. The van der Waals surface area contributed by atoms with Crippen molar-refractivity contribution in [3.8, 4) is 5.75 Å². The molecule has 1 aromatic rings. The molecular formula is C18H27BO5. The van der Waals surface area contributed by atoms with Crippen LogP contribution in [0, 0.1) is 17.3 Å². The number of aryl methyl sites for hydroxylation is 1. The third-order valence-electron chi connectivity index (χ3n) is 6.66. The Labute approximate surface area is 143 Å². The van der Waals surface area contributed by atoms with Crippen LogP contribution in [0.4, 0.5) is 0 Å². The first kappa shape index (κ1) is 17.7. The normalized spacial score (nSPS) is 36.7. The fourth-order valence-electron chi connectivity index (χ4n) is 5.54. The van der Waals surface area contributed by atoms with Crippen LogP contribution in [0.15, 0.2) is 18.2 Å². The summed E-state index contributed by atoms with van der Waals surface area (Å²) in [6, 6.07) is 5.96. The smallest absolute Gasteiger partial charge is 0.508 e. The highest BCUT2D eigenvalue weighted by Crippen LogP contribution is 2.60. The molecule has 24 heavy (non-hydrogen) atoms. The minimum Gasteiger partial charge on any atom is -0.508 e. The van der Waals surface area contributed by atoms with Crippen molar-refractivity contribution in [1.82, 2.24) is 0 Å². The highest BCUT2D eigenvalue weighted by Gasteiger charge is 2.54. The predicted octanol–water partition coefficient (Wildman–Crippen LogP) is 1.56. The molecule has 0 radical (unpaired) electrons. The number of rotatable bonds is 0. The second-order valence-electron chi connectivity index (χ2n) is 7.78. The van der Waals surface area contributed by atoms with E-state index in [9.17, 15) is 10.2 Å². The lowest BCUT2D eigenvalue weighted by Gasteiger charge is -2.50. The molecular weight excluding hydrogens is 307 g/mol. The quantitative estimate of drug-likeness (QED) is 0.464. The van der Waals surface area contributed by atoms with E-state index in [0.29, 0.717) is 17.6 Å². The molecule has 3 aliphatic rings. The molecule has 6 heteroatoms. The van der Waals surface area contributed by atoms with Gasteiger partial charge in [0.05, 0.1) is 6.10 Å². The van der Waals surface area contributed by atoms with Crippen LogP contribution in [0.2, 0.25) is 0 Å². The van der Waals surface area contributed by atoms with Crippen molar-refractivity contribution >= 4 is 7.32 Å². The second kappa shape index (κ2) is 6.67. The molecule has 0 saturated heterocycles. The van der Waals surface area contributed by atoms with E-state index in [1.807, 2.05) is 12.1 Å². The predicted molar refractivity (Wildman–Crippen MR) is 91.1 cm³/mol. The summed E-state index contributed by atoms with van der Waals surface area (Å²) in [5, 5.41) is 41.5. The monoisotopic (exact) mass is 334 g/mol. The Balaban J connectivity index is 0.000000383. The first-order valence-electron chi connectivity index (χ1n) is 8.87. The summed E-state index contributed by atoms with van der Waals surface area (Å²) in [6.07, 6.45) is 6.78. The number of fused-ring (bicyclic) bond motifs is 5. The molecule has 2 saturated carbocycles. The average Bonchev–Trinajstić information content (AvgIpc) is 2.82. The largest absolute Gasteiger partial charge is 0.631 e. The van der Waals surface area contributed by atoms with Gasteiger partial charge in [0.1, 0.15) is 5.75 Å². The number of hydrogen-bond donors (Lipinski definition) is 5. The molecule has 0 bridgehead atoms. The molecule has 5 nitrogen and oxygen atoms in total. The highest BCUT2D eigenvalue weighted by molar-refractivity contribution is 6.30. The molecule has 1 aromatic carbocycles. The molecule has 132 valence electrons. The van der Waals surface area contributed by atoms with Gasteiger partial charge in [-0.05, 0) is 85.0 Å². The van der Waals surface area contributed by atoms with Gasteiger partial charge in [0.25, 0.3) is 0 Å². The molecule has 0 spiro atoms. The minimum atomic E-state index is -2.17. The standard InChI is InChI=1S/C18H24O2.BH3O3/c1-18-9-8-14-13-5-3-12(19)10-11(13)2-4-15(14)16(18)6-7-17(18)20;2-1(3)4/h3,5,10,14-17,19-20H,2,4,6-9H2,1H3;2-4H/t14-,15-,16+,17?,18+;/m1./s1. The highest BCUT2D eigenvalue weighted by atomic mass is 16.5. The van der Waals surface area contributed by atoms with Gasteiger partial charge >= 0.3 is 7.32 Å². The SMILES string of the molecule is C[C@]12CC[C@@H]3c4ccc(O)cc4CC[C@H]3[C@@H]1CCC2O.OB(O)O. The van der Waals surface area contributed by atoms with Crippen LogP contribution in [0.3, 0.4) is 0 Å². The van der Waals surface area contributed by atoms with E-state index < -0.39 is 7.32 Å². The summed E-state index contributed by atoms with van der Waals surface area (Å²) in [6.45, 7) is 2.32. The van der Waals surface area contributed by atoms with Crippen LogP contribution in [0.5, 0.6) is 5.75 Å². The van der Waals surface area contributed by atoms with Crippen molar-refractivity contribution in [3.05, 3.63) is 29.3 Å². The van der Waals surface area contributed by atoms with Crippen LogP contribution in [-0.4, -0.2) is 38.7 Å². The number of phenolic OH excluding ortho intramolecular Hbond substituents is 1. The number of aliphatic hydroxyl groups is 1. The van der Waals surface area contributed by atoms with Crippen LogP contribution < -0.4 is 0 Å². The molecule has 0 aromatic heterocycles. The molecule has 0 heterocycles. The Morgan fingerprint density at radius 3 is 2.50 bits per heavy atom. The van der Waals surface area contributed by atoms with E-state index in [-0.39, 0.29) is 11.5 Å². The van der Waals surface area contributed by atoms with Crippen molar-refractivity contribution in [2.24, 2.45) is 17.3 Å². The van der Waals surface area contributed by atoms with Gasteiger partial charge in [0.2, 0.25) is 0 Å². The zero-order valence-corrected chi connectivity index (χ0v) is 14.1. The topological polar surface area (TPSA) is 101 Å². The fourth-order valence-corrected chi connectivity index (χ4v) is 5.54. The van der Waals surface area contributed by atoms with Gasteiger partial charge in [0.15, 0.2) is 0 Å². The molecule has 0 amide bonds. The minimum absolute atomic E-state index is 0.0883. The molecule has 1 unspecified atom stereocenters. The van der Waals surface area contributed by atoms with Crippen LogP contribution in [0.1, 0.15) is 56.1 Å². The summed E-state index contributed by atoms with van der Waals surface area (Å²) in [4.78, 5) is 0. The zero-order valence-electron chi connectivity index (χ0n) is 14.1.